The fourth-order valence-electron chi connectivity index (χ4n) is 1.92. The van der Waals surface area contributed by atoms with Crippen molar-refractivity contribution in [2.24, 2.45) is 0 Å². The number of hydrogen-bond acceptors (Lipinski definition) is 4. The molecule has 21 heavy (non-hydrogen) atoms. The molecule has 1 aliphatic heterocycles. The van der Waals surface area contributed by atoms with Crippen molar-refractivity contribution in [1.29, 1.82) is 0 Å². The Labute approximate surface area is 126 Å². The van der Waals surface area contributed by atoms with Crippen molar-refractivity contribution >= 4 is 23.0 Å². The van der Waals surface area contributed by atoms with Crippen molar-refractivity contribution in [2.45, 2.75) is 39.2 Å². The lowest BCUT2D eigenvalue weighted by Crippen LogP contribution is -2.39. The second kappa shape index (κ2) is 6.09. The smallest absolute Gasteiger partial charge is 0.410 e. The number of alkyl halides is 2. The van der Waals surface area contributed by atoms with Gasteiger partial charge in [-0.05, 0) is 32.8 Å². The van der Waals surface area contributed by atoms with Crippen LogP contribution in [0.1, 0.15) is 43.5 Å². The van der Waals surface area contributed by atoms with Gasteiger partial charge < -0.3 is 9.64 Å². The third-order valence-electron chi connectivity index (χ3n) is 2.89. The topological polar surface area (TPSA) is 42.4 Å². The van der Waals surface area contributed by atoms with Gasteiger partial charge in [0.15, 0.2) is 5.01 Å². The molecule has 0 unspecified atom stereocenters. The lowest BCUT2D eigenvalue weighted by molar-refractivity contribution is 0.0270. The molecular weight excluding hydrogens is 298 g/mol. The van der Waals surface area contributed by atoms with Crippen molar-refractivity contribution in [2.75, 3.05) is 13.1 Å². The molecule has 0 saturated carbocycles. The molecule has 0 fully saturated rings. The zero-order valence-electron chi connectivity index (χ0n) is 12.2. The Kier molecular flexibility index (Phi) is 4.61. The molecule has 4 nitrogen and oxygen atoms in total. The van der Waals surface area contributed by atoms with Crippen LogP contribution in [-0.4, -0.2) is 34.7 Å². The minimum atomic E-state index is -2.54. The predicted octanol–water partition coefficient (Wildman–Crippen LogP) is 4.10. The van der Waals surface area contributed by atoms with E-state index in [9.17, 15) is 13.6 Å². The van der Waals surface area contributed by atoms with E-state index in [0.717, 1.165) is 21.8 Å². The van der Waals surface area contributed by atoms with Gasteiger partial charge in [0.25, 0.3) is 6.43 Å². The van der Waals surface area contributed by atoms with Crippen LogP contribution in [0.4, 0.5) is 13.6 Å². The summed E-state index contributed by atoms with van der Waals surface area (Å²) in [6.07, 6.45) is 1.07. The van der Waals surface area contributed by atoms with Crippen molar-refractivity contribution < 1.29 is 18.3 Å². The summed E-state index contributed by atoms with van der Waals surface area (Å²) in [5, 5.41) is -0.166. The highest BCUT2D eigenvalue weighted by Gasteiger charge is 2.24. The van der Waals surface area contributed by atoms with Crippen molar-refractivity contribution in [3.05, 3.63) is 22.2 Å². The van der Waals surface area contributed by atoms with Crippen LogP contribution in [0.3, 0.4) is 0 Å². The summed E-state index contributed by atoms with van der Waals surface area (Å²) in [7, 11) is 0. The SMILES string of the molecule is CC(C)(C)OC(=O)N1CC=C(c2cnc(C(F)F)s2)CC1. The average molecular weight is 316 g/mol. The van der Waals surface area contributed by atoms with E-state index in [4.69, 9.17) is 4.74 Å². The lowest BCUT2D eigenvalue weighted by atomic mass is 10.1. The summed E-state index contributed by atoms with van der Waals surface area (Å²) < 4.78 is 30.4. The first kappa shape index (κ1) is 15.9. The highest BCUT2D eigenvalue weighted by atomic mass is 32.1. The van der Waals surface area contributed by atoms with E-state index in [2.05, 4.69) is 4.98 Å². The zero-order chi connectivity index (χ0) is 15.6. The summed E-state index contributed by atoms with van der Waals surface area (Å²) in [6, 6.07) is 0. The molecule has 0 radical (unpaired) electrons. The van der Waals surface area contributed by atoms with Gasteiger partial charge in [0.2, 0.25) is 0 Å². The van der Waals surface area contributed by atoms with E-state index in [-0.39, 0.29) is 11.1 Å². The van der Waals surface area contributed by atoms with Crippen molar-refractivity contribution in [3.63, 3.8) is 0 Å². The van der Waals surface area contributed by atoms with E-state index in [0.29, 0.717) is 19.5 Å². The van der Waals surface area contributed by atoms with Gasteiger partial charge in [0.05, 0.1) is 4.88 Å². The molecule has 0 atom stereocenters. The number of halogens is 2. The molecule has 7 heteroatoms. The number of carbonyl (C=O) groups excluding carboxylic acids is 1. The summed E-state index contributed by atoms with van der Waals surface area (Å²) >= 11 is 1.00. The van der Waals surface area contributed by atoms with E-state index in [1.54, 1.807) is 4.90 Å². The molecule has 0 saturated heterocycles. The molecule has 1 aliphatic rings. The standard InChI is InChI=1S/C14H18F2N2O2S/c1-14(2,3)20-13(19)18-6-4-9(5-7-18)10-8-17-12(21-10)11(15)16/h4,8,11H,5-7H2,1-3H3. The maximum absolute atomic E-state index is 12.5. The quantitative estimate of drug-likeness (QED) is 0.825. The van der Waals surface area contributed by atoms with E-state index < -0.39 is 12.0 Å². The molecule has 2 heterocycles. The van der Waals surface area contributed by atoms with Gasteiger partial charge in [-0.3, -0.25) is 0 Å². The highest BCUT2D eigenvalue weighted by molar-refractivity contribution is 7.12. The second-order valence-corrected chi connectivity index (χ2v) is 6.83. The van der Waals surface area contributed by atoms with E-state index in [1.165, 1.54) is 6.20 Å². The number of aromatic nitrogens is 1. The van der Waals surface area contributed by atoms with Gasteiger partial charge in [0.1, 0.15) is 5.60 Å². The first-order chi connectivity index (χ1) is 9.76. The maximum atomic E-state index is 12.5. The molecule has 0 spiro atoms. The highest BCUT2D eigenvalue weighted by Crippen LogP contribution is 2.31. The summed E-state index contributed by atoms with van der Waals surface area (Å²) in [5.41, 5.74) is 0.435. The number of hydrogen-bond donors (Lipinski definition) is 0. The van der Waals surface area contributed by atoms with Crippen LogP contribution < -0.4 is 0 Å². The van der Waals surface area contributed by atoms with Crippen LogP contribution in [0.15, 0.2) is 12.3 Å². The second-order valence-electron chi connectivity index (χ2n) is 5.77. The fraction of sp³-hybridized carbons (Fsp3) is 0.571. The van der Waals surface area contributed by atoms with Gasteiger partial charge in [-0.25, -0.2) is 18.6 Å². The van der Waals surface area contributed by atoms with Crippen LogP contribution in [-0.2, 0) is 4.74 Å². The van der Waals surface area contributed by atoms with Gasteiger partial charge >= 0.3 is 6.09 Å². The van der Waals surface area contributed by atoms with E-state index in [1.807, 2.05) is 26.8 Å². The number of rotatable bonds is 2. The largest absolute Gasteiger partial charge is 0.444 e. The first-order valence-electron chi connectivity index (χ1n) is 6.67. The third-order valence-corrected chi connectivity index (χ3v) is 3.97. The maximum Gasteiger partial charge on any atom is 0.410 e. The molecule has 1 amide bonds. The van der Waals surface area contributed by atoms with Crippen LogP contribution >= 0.6 is 11.3 Å². The average Bonchev–Trinajstić information content (AvgIpc) is 2.86. The molecule has 0 N–H and O–H groups in total. The Morgan fingerprint density at radius 2 is 2.19 bits per heavy atom. The monoisotopic (exact) mass is 316 g/mol. The van der Waals surface area contributed by atoms with E-state index >= 15 is 0 Å². The lowest BCUT2D eigenvalue weighted by Gasteiger charge is -2.29. The first-order valence-corrected chi connectivity index (χ1v) is 7.49. The molecule has 116 valence electrons. The molecule has 0 bridgehead atoms. The zero-order valence-corrected chi connectivity index (χ0v) is 13.0. The van der Waals surface area contributed by atoms with Crippen molar-refractivity contribution in [1.82, 2.24) is 9.88 Å². The molecule has 2 rings (SSSR count). The third kappa shape index (κ3) is 4.23. The number of carbonyl (C=O) groups is 1. The minimum absolute atomic E-state index is 0.166. The Balaban J connectivity index is 2.00. The summed E-state index contributed by atoms with van der Waals surface area (Å²) in [5.74, 6) is 0. The van der Waals surface area contributed by atoms with Gasteiger partial charge in [-0.2, -0.15) is 0 Å². The van der Waals surface area contributed by atoms with Crippen LogP contribution in [0.25, 0.3) is 5.57 Å². The molecule has 1 aromatic heterocycles. The van der Waals surface area contributed by atoms with Crippen molar-refractivity contribution in [3.8, 4) is 0 Å². The Bertz CT molecular complexity index is 549. The van der Waals surface area contributed by atoms with Gasteiger partial charge in [0, 0.05) is 19.3 Å². The molecule has 1 aromatic rings. The Hall–Kier alpha value is -1.50. The van der Waals surface area contributed by atoms with Gasteiger partial charge in [-0.1, -0.05) is 6.08 Å². The van der Waals surface area contributed by atoms with Crippen LogP contribution in [0.2, 0.25) is 0 Å². The fourth-order valence-corrected chi connectivity index (χ4v) is 2.76. The normalized spacial score (nSPS) is 16.1. The minimum Gasteiger partial charge on any atom is -0.444 e. The molecular formula is C14H18F2N2O2S. The summed E-state index contributed by atoms with van der Waals surface area (Å²) in [4.78, 5) is 18.0. The van der Waals surface area contributed by atoms with Gasteiger partial charge in [-0.15, -0.1) is 11.3 Å². The Morgan fingerprint density at radius 3 is 2.67 bits per heavy atom. The predicted molar refractivity (Wildman–Crippen MR) is 77.5 cm³/mol. The molecule has 0 aromatic carbocycles. The Morgan fingerprint density at radius 1 is 1.48 bits per heavy atom. The number of thiazole rings is 1. The van der Waals surface area contributed by atoms with Crippen LogP contribution in [0, 0.1) is 0 Å². The number of nitrogens with zero attached hydrogens (tertiary/aromatic N) is 2. The summed E-state index contributed by atoms with van der Waals surface area (Å²) in [6.45, 7) is 6.40. The number of ether oxygens (including phenoxy) is 1. The van der Waals surface area contributed by atoms with Crippen LogP contribution in [0.5, 0.6) is 0 Å². The molecule has 0 aliphatic carbocycles. The number of amides is 1.